The molecule has 0 N–H and O–H groups in total. The van der Waals surface area contributed by atoms with Gasteiger partial charge in [0.2, 0.25) is 0 Å². The molecule has 2 heterocycles. The molecule has 1 fully saturated rings. The van der Waals surface area contributed by atoms with Gasteiger partial charge in [0, 0.05) is 12.1 Å². The maximum atomic E-state index is 12.8. The normalized spacial score (nSPS) is 14.5. The predicted octanol–water partition coefficient (Wildman–Crippen LogP) is 4.49. The van der Waals surface area contributed by atoms with E-state index in [1.165, 1.54) is 44.6 Å². The number of aromatic nitrogens is 2. The van der Waals surface area contributed by atoms with Gasteiger partial charge in [0.25, 0.3) is 0 Å². The van der Waals surface area contributed by atoms with Crippen molar-refractivity contribution in [3.63, 3.8) is 0 Å². The molecule has 0 radical (unpaired) electrons. The fraction of sp³-hybridized carbons (Fsp3) is 0.346. The molecule has 1 aliphatic heterocycles. The van der Waals surface area contributed by atoms with E-state index in [2.05, 4.69) is 11.0 Å². The Kier molecular flexibility index (Phi) is 7.19. The Morgan fingerprint density at radius 2 is 1.58 bits per heavy atom. The molecule has 1 aromatic heterocycles. The maximum absolute atomic E-state index is 12.8. The summed E-state index contributed by atoms with van der Waals surface area (Å²) >= 11 is 0. The highest BCUT2D eigenvalue weighted by atomic mass is 16.5. The molecular formula is C26H29N3O4. The lowest BCUT2D eigenvalue weighted by atomic mass is 10.0. The molecule has 0 amide bonds. The molecule has 4 rings (SSSR count). The van der Waals surface area contributed by atoms with Gasteiger partial charge in [-0.25, -0.2) is 14.3 Å². The minimum atomic E-state index is -0.654. The lowest BCUT2D eigenvalue weighted by molar-refractivity contribution is 0.0549. The molecule has 2 aromatic carbocycles. The second kappa shape index (κ2) is 10.4. The maximum Gasteiger partial charge on any atom is 0.357 e. The summed E-state index contributed by atoms with van der Waals surface area (Å²) in [5, 5.41) is 4.69. The predicted molar refractivity (Wildman–Crippen MR) is 125 cm³/mol. The number of likely N-dealkylation sites (tertiary alicyclic amines) is 1. The first-order valence-electron chi connectivity index (χ1n) is 11.3. The highest BCUT2D eigenvalue weighted by Gasteiger charge is 2.31. The van der Waals surface area contributed by atoms with E-state index in [1.54, 1.807) is 0 Å². The number of ether oxygens (including phenoxy) is 2. The molecule has 7 nitrogen and oxygen atoms in total. The molecule has 0 bridgehead atoms. The molecule has 0 saturated carbocycles. The Balaban J connectivity index is 1.81. The van der Waals surface area contributed by atoms with Crippen LogP contribution in [0.2, 0.25) is 0 Å². The summed E-state index contributed by atoms with van der Waals surface area (Å²) in [6.07, 6.45) is 5.00. The van der Waals surface area contributed by atoms with Crippen molar-refractivity contribution in [1.82, 2.24) is 14.7 Å². The standard InChI is InChI=1S/C26H29N3O4/c1-32-25(30)22-23(27-29(24(22)26(31)33-2)21-13-6-5-7-14-21)20-12-10-11-19(17-20)18-28-15-8-3-4-9-16-28/h5-7,10-14,17H,3-4,8-9,15-16,18H2,1-2H3. The lowest BCUT2D eigenvalue weighted by Crippen LogP contribution is -2.23. The molecule has 7 heteroatoms. The van der Waals surface area contributed by atoms with Crippen molar-refractivity contribution < 1.29 is 19.1 Å². The molecule has 33 heavy (non-hydrogen) atoms. The van der Waals surface area contributed by atoms with Crippen molar-refractivity contribution in [2.45, 2.75) is 32.2 Å². The smallest absolute Gasteiger partial charge is 0.357 e. The summed E-state index contributed by atoms with van der Waals surface area (Å²) in [5.41, 5.74) is 3.07. The monoisotopic (exact) mass is 447 g/mol. The van der Waals surface area contributed by atoms with Crippen LogP contribution in [0.5, 0.6) is 0 Å². The number of carbonyl (C=O) groups is 2. The Morgan fingerprint density at radius 1 is 0.879 bits per heavy atom. The first-order chi connectivity index (χ1) is 16.1. The summed E-state index contributed by atoms with van der Waals surface area (Å²) in [6.45, 7) is 3.02. The van der Waals surface area contributed by atoms with Crippen LogP contribution in [0.3, 0.4) is 0 Å². The summed E-state index contributed by atoms with van der Waals surface area (Å²) in [7, 11) is 2.58. The number of nitrogens with zero attached hydrogens (tertiary/aromatic N) is 3. The Labute approximate surface area is 193 Å². The molecule has 0 unspecified atom stereocenters. The van der Waals surface area contributed by atoms with Crippen LogP contribution in [0.15, 0.2) is 54.6 Å². The number of hydrogen-bond donors (Lipinski definition) is 0. The number of rotatable bonds is 6. The second-order valence-corrected chi connectivity index (χ2v) is 8.19. The van der Waals surface area contributed by atoms with Crippen LogP contribution < -0.4 is 0 Å². The third-order valence-corrected chi connectivity index (χ3v) is 5.96. The molecule has 1 aliphatic rings. The minimum Gasteiger partial charge on any atom is -0.465 e. The van der Waals surface area contributed by atoms with Crippen LogP contribution in [0.1, 0.15) is 52.1 Å². The average molecular weight is 448 g/mol. The van der Waals surface area contributed by atoms with Crippen molar-refractivity contribution in [2.24, 2.45) is 0 Å². The SMILES string of the molecule is COC(=O)c1c(-c2cccc(CN3CCCCCC3)c2)nn(-c2ccccc2)c1C(=O)OC. The first-order valence-corrected chi connectivity index (χ1v) is 11.3. The summed E-state index contributed by atoms with van der Waals surface area (Å²) < 4.78 is 11.5. The Hall–Kier alpha value is -3.45. The van der Waals surface area contributed by atoms with E-state index in [9.17, 15) is 9.59 Å². The van der Waals surface area contributed by atoms with Gasteiger partial charge >= 0.3 is 11.9 Å². The number of hydrogen-bond acceptors (Lipinski definition) is 6. The van der Waals surface area contributed by atoms with E-state index in [-0.39, 0.29) is 11.3 Å². The van der Waals surface area contributed by atoms with E-state index in [0.29, 0.717) is 11.4 Å². The van der Waals surface area contributed by atoms with Crippen LogP contribution in [0.25, 0.3) is 16.9 Å². The number of para-hydroxylation sites is 1. The molecule has 1 saturated heterocycles. The van der Waals surface area contributed by atoms with Crippen LogP contribution in [0.4, 0.5) is 0 Å². The van der Waals surface area contributed by atoms with Gasteiger partial charge in [0.1, 0.15) is 11.3 Å². The highest BCUT2D eigenvalue weighted by Crippen LogP contribution is 2.30. The Morgan fingerprint density at radius 3 is 2.24 bits per heavy atom. The van der Waals surface area contributed by atoms with E-state index in [4.69, 9.17) is 14.6 Å². The van der Waals surface area contributed by atoms with Crippen LogP contribution in [-0.4, -0.2) is 53.9 Å². The molecule has 0 atom stereocenters. The van der Waals surface area contributed by atoms with Crippen molar-refractivity contribution >= 4 is 11.9 Å². The van der Waals surface area contributed by atoms with Gasteiger partial charge in [-0.3, -0.25) is 4.90 Å². The fourth-order valence-corrected chi connectivity index (χ4v) is 4.33. The fourth-order valence-electron chi connectivity index (χ4n) is 4.33. The number of carbonyl (C=O) groups excluding carboxylic acids is 2. The summed E-state index contributed by atoms with van der Waals surface area (Å²) in [4.78, 5) is 28.1. The number of benzene rings is 2. The topological polar surface area (TPSA) is 73.7 Å². The van der Waals surface area contributed by atoms with E-state index in [1.807, 2.05) is 48.5 Å². The van der Waals surface area contributed by atoms with Gasteiger partial charge in [-0.2, -0.15) is 5.10 Å². The van der Waals surface area contributed by atoms with Crippen molar-refractivity contribution in [2.75, 3.05) is 27.3 Å². The first kappa shape index (κ1) is 22.7. The van der Waals surface area contributed by atoms with Gasteiger partial charge in [0.05, 0.1) is 19.9 Å². The number of methoxy groups -OCH3 is 2. The van der Waals surface area contributed by atoms with Crippen molar-refractivity contribution in [3.05, 3.63) is 71.4 Å². The molecule has 172 valence electrons. The number of esters is 2. The van der Waals surface area contributed by atoms with Crippen molar-refractivity contribution in [3.8, 4) is 16.9 Å². The van der Waals surface area contributed by atoms with Crippen LogP contribution >= 0.6 is 0 Å². The third kappa shape index (κ3) is 4.98. The average Bonchev–Trinajstić information content (AvgIpc) is 3.08. The zero-order valence-electron chi connectivity index (χ0n) is 19.1. The van der Waals surface area contributed by atoms with Gasteiger partial charge in [-0.15, -0.1) is 0 Å². The van der Waals surface area contributed by atoms with Crippen molar-refractivity contribution in [1.29, 1.82) is 0 Å². The molecule has 0 aliphatic carbocycles. The zero-order chi connectivity index (χ0) is 23.2. The van der Waals surface area contributed by atoms with E-state index >= 15 is 0 Å². The third-order valence-electron chi connectivity index (χ3n) is 5.96. The van der Waals surface area contributed by atoms with Gasteiger partial charge in [-0.1, -0.05) is 49.2 Å². The van der Waals surface area contributed by atoms with E-state index < -0.39 is 11.9 Å². The summed E-state index contributed by atoms with van der Waals surface area (Å²) in [5.74, 6) is -1.29. The highest BCUT2D eigenvalue weighted by molar-refractivity contribution is 6.06. The molecular weight excluding hydrogens is 418 g/mol. The molecule has 0 spiro atoms. The van der Waals surface area contributed by atoms with Crippen LogP contribution in [0, 0.1) is 0 Å². The largest absolute Gasteiger partial charge is 0.465 e. The van der Waals surface area contributed by atoms with Crippen LogP contribution in [-0.2, 0) is 16.0 Å². The lowest BCUT2D eigenvalue weighted by Gasteiger charge is -2.20. The molecule has 3 aromatic rings. The minimum absolute atomic E-state index is 0.0449. The van der Waals surface area contributed by atoms with Gasteiger partial charge in [-0.05, 0) is 49.7 Å². The van der Waals surface area contributed by atoms with Gasteiger partial charge in [0.15, 0.2) is 5.69 Å². The van der Waals surface area contributed by atoms with E-state index in [0.717, 1.165) is 30.8 Å². The second-order valence-electron chi connectivity index (χ2n) is 8.19. The quantitative estimate of drug-likeness (QED) is 0.519. The van der Waals surface area contributed by atoms with Gasteiger partial charge < -0.3 is 9.47 Å². The zero-order valence-corrected chi connectivity index (χ0v) is 19.1. The summed E-state index contributed by atoms with van der Waals surface area (Å²) in [6, 6.07) is 17.2. The Bertz CT molecular complexity index is 1120.